The molecule has 0 unspecified atom stereocenters. The number of anilines is 1. The van der Waals surface area contributed by atoms with Crippen LogP contribution >= 0.6 is 0 Å². The van der Waals surface area contributed by atoms with Crippen LogP contribution < -0.4 is 15.2 Å². The Kier molecular flexibility index (Phi) is 7.50. The van der Waals surface area contributed by atoms with Crippen molar-refractivity contribution in [3.63, 3.8) is 0 Å². The molecular formula is C23H25N3O7. The Morgan fingerprint density at radius 2 is 1.97 bits per heavy atom. The van der Waals surface area contributed by atoms with Gasteiger partial charge < -0.3 is 29.1 Å². The van der Waals surface area contributed by atoms with Gasteiger partial charge in [-0.2, -0.15) is 4.98 Å². The number of ether oxygens (including phenoxy) is 4. The number of hydrogen-bond donors (Lipinski definition) is 1. The molecule has 33 heavy (non-hydrogen) atoms. The number of allylic oxidation sites excluding steroid dienone is 1. The number of nitrogens with zero attached hydrogens (tertiary/aromatic N) is 2. The maximum Gasteiger partial charge on any atom is 0.344 e. The number of hydrogen-bond acceptors (Lipinski definition) is 10. The van der Waals surface area contributed by atoms with Gasteiger partial charge in [-0.1, -0.05) is 18.2 Å². The lowest BCUT2D eigenvalue weighted by atomic mass is 10.2. The normalized spacial score (nSPS) is 11.0. The molecule has 1 aromatic carbocycles. The van der Waals surface area contributed by atoms with Crippen LogP contribution in [-0.4, -0.2) is 42.2 Å². The molecule has 0 radical (unpaired) electrons. The molecule has 2 N–H and O–H groups in total. The average Bonchev–Trinajstić information content (AvgIpc) is 3.13. The third-order valence-corrected chi connectivity index (χ3v) is 4.54. The first kappa shape index (κ1) is 23.6. The smallest absolute Gasteiger partial charge is 0.344 e. The standard InChI is InChI=1S/C23H25N3O7/c1-5-7-14-8-9-15(16(10-14)29-4)31-12-18(27)32-11-17-25-21(24)20-19(23(28)30-6-2)13(3)33-22(20)26-17/h5,7-10H,6,11-12H2,1-4H3,(H2,24,25,26)/b7-5+. The summed E-state index contributed by atoms with van der Waals surface area (Å²) in [4.78, 5) is 32.7. The minimum absolute atomic E-state index is 0.0214. The van der Waals surface area contributed by atoms with Gasteiger partial charge in [-0.3, -0.25) is 0 Å². The molecule has 174 valence electrons. The number of aromatic nitrogens is 2. The number of carbonyl (C=O) groups excluding carboxylic acids is 2. The number of nitrogen functional groups attached to an aromatic ring is 1. The average molecular weight is 455 g/mol. The molecule has 0 aliphatic heterocycles. The second-order valence-corrected chi connectivity index (χ2v) is 6.82. The third-order valence-electron chi connectivity index (χ3n) is 4.54. The summed E-state index contributed by atoms with van der Waals surface area (Å²) in [7, 11) is 1.52. The fourth-order valence-corrected chi connectivity index (χ4v) is 3.12. The molecule has 0 bridgehead atoms. The maximum absolute atomic E-state index is 12.2. The Balaban J connectivity index is 1.66. The molecule has 0 aliphatic carbocycles. The molecule has 3 rings (SSSR count). The van der Waals surface area contributed by atoms with Crippen LogP contribution in [0.1, 0.15) is 41.4 Å². The van der Waals surface area contributed by atoms with Crippen molar-refractivity contribution in [2.24, 2.45) is 0 Å². The number of furan rings is 1. The predicted octanol–water partition coefficient (Wildman–Crippen LogP) is 3.45. The van der Waals surface area contributed by atoms with E-state index in [1.165, 1.54) is 7.11 Å². The van der Waals surface area contributed by atoms with Crippen LogP contribution in [-0.2, 0) is 20.9 Å². The number of fused-ring (bicyclic) bond motifs is 1. The molecule has 0 fully saturated rings. The van der Waals surface area contributed by atoms with Gasteiger partial charge in [0.05, 0.1) is 19.1 Å². The Morgan fingerprint density at radius 3 is 2.67 bits per heavy atom. The van der Waals surface area contributed by atoms with E-state index < -0.39 is 11.9 Å². The largest absolute Gasteiger partial charge is 0.493 e. The van der Waals surface area contributed by atoms with Crippen molar-refractivity contribution in [3.8, 4) is 11.5 Å². The van der Waals surface area contributed by atoms with Crippen molar-refractivity contribution in [3.05, 3.63) is 47.0 Å². The summed E-state index contributed by atoms with van der Waals surface area (Å²) in [5, 5.41) is 0.262. The van der Waals surface area contributed by atoms with Gasteiger partial charge >= 0.3 is 11.9 Å². The van der Waals surface area contributed by atoms with Gasteiger partial charge in [-0.15, -0.1) is 0 Å². The van der Waals surface area contributed by atoms with E-state index in [2.05, 4.69) is 9.97 Å². The van der Waals surface area contributed by atoms with Crippen molar-refractivity contribution in [1.29, 1.82) is 0 Å². The highest BCUT2D eigenvalue weighted by molar-refractivity contribution is 6.07. The van der Waals surface area contributed by atoms with Crippen LogP contribution in [0, 0.1) is 6.92 Å². The number of methoxy groups -OCH3 is 1. The summed E-state index contributed by atoms with van der Waals surface area (Å²) < 4.78 is 26.6. The van der Waals surface area contributed by atoms with Crippen molar-refractivity contribution in [2.75, 3.05) is 26.1 Å². The van der Waals surface area contributed by atoms with Gasteiger partial charge in [0.1, 0.15) is 17.1 Å². The minimum atomic E-state index is -0.639. The van der Waals surface area contributed by atoms with Crippen LogP contribution in [0.4, 0.5) is 5.82 Å². The maximum atomic E-state index is 12.2. The number of rotatable bonds is 9. The molecule has 0 spiro atoms. The molecule has 2 aromatic heterocycles. The highest BCUT2D eigenvalue weighted by Gasteiger charge is 2.24. The lowest BCUT2D eigenvalue weighted by Gasteiger charge is -2.11. The van der Waals surface area contributed by atoms with Gasteiger partial charge in [0.25, 0.3) is 0 Å². The third kappa shape index (κ3) is 5.40. The van der Waals surface area contributed by atoms with Gasteiger partial charge in [-0.25, -0.2) is 14.6 Å². The van der Waals surface area contributed by atoms with Crippen molar-refractivity contribution >= 4 is 34.9 Å². The molecule has 3 aromatic rings. The Hall–Kier alpha value is -4.08. The number of nitrogens with two attached hydrogens (primary N) is 1. The molecule has 0 atom stereocenters. The molecule has 0 saturated carbocycles. The summed E-state index contributed by atoms with van der Waals surface area (Å²) in [6, 6.07) is 5.34. The summed E-state index contributed by atoms with van der Waals surface area (Å²) in [6.07, 6.45) is 3.82. The summed E-state index contributed by atoms with van der Waals surface area (Å²) >= 11 is 0. The summed E-state index contributed by atoms with van der Waals surface area (Å²) in [6.45, 7) is 4.81. The topological polar surface area (TPSA) is 136 Å². The molecule has 2 heterocycles. The summed E-state index contributed by atoms with van der Waals surface area (Å²) in [5.41, 5.74) is 7.23. The van der Waals surface area contributed by atoms with Crippen molar-refractivity contribution in [2.45, 2.75) is 27.4 Å². The van der Waals surface area contributed by atoms with Gasteiger partial charge in [0.2, 0.25) is 5.71 Å². The zero-order valence-electron chi connectivity index (χ0n) is 18.8. The second-order valence-electron chi connectivity index (χ2n) is 6.82. The van der Waals surface area contributed by atoms with E-state index in [1.54, 1.807) is 26.0 Å². The Bertz CT molecular complexity index is 1200. The van der Waals surface area contributed by atoms with E-state index in [0.717, 1.165) is 5.56 Å². The van der Waals surface area contributed by atoms with Gasteiger partial charge in [0, 0.05) is 0 Å². The first-order valence-corrected chi connectivity index (χ1v) is 10.2. The zero-order chi connectivity index (χ0) is 24.0. The molecule has 0 saturated heterocycles. The number of carbonyl (C=O) groups is 2. The lowest BCUT2D eigenvalue weighted by molar-refractivity contribution is -0.147. The zero-order valence-corrected chi connectivity index (χ0v) is 18.8. The Morgan fingerprint density at radius 1 is 1.18 bits per heavy atom. The van der Waals surface area contributed by atoms with E-state index in [1.807, 2.05) is 25.1 Å². The van der Waals surface area contributed by atoms with Crippen LogP contribution in [0.25, 0.3) is 17.2 Å². The SMILES string of the molecule is C/C=C/c1ccc(OCC(=O)OCc2nc(N)c3c(C(=O)OCC)c(C)oc3n2)c(OC)c1. The molecule has 10 nitrogen and oxygen atoms in total. The summed E-state index contributed by atoms with van der Waals surface area (Å²) in [5.74, 6) is 0.127. The molecule has 0 aliphatic rings. The Labute approximate surface area is 190 Å². The fourth-order valence-electron chi connectivity index (χ4n) is 3.12. The molecule has 10 heteroatoms. The second kappa shape index (κ2) is 10.5. The first-order valence-electron chi connectivity index (χ1n) is 10.2. The van der Waals surface area contributed by atoms with Crippen molar-refractivity contribution < 1.29 is 33.0 Å². The number of aryl methyl sites for hydroxylation is 1. The van der Waals surface area contributed by atoms with Crippen LogP contribution in [0.3, 0.4) is 0 Å². The lowest BCUT2D eigenvalue weighted by Crippen LogP contribution is -2.16. The minimum Gasteiger partial charge on any atom is -0.493 e. The highest BCUT2D eigenvalue weighted by Crippen LogP contribution is 2.30. The van der Waals surface area contributed by atoms with Crippen LogP contribution in [0.15, 0.2) is 28.7 Å². The fraction of sp³-hybridized carbons (Fsp3) is 0.304. The predicted molar refractivity (Wildman–Crippen MR) is 120 cm³/mol. The van der Waals surface area contributed by atoms with E-state index >= 15 is 0 Å². The van der Waals surface area contributed by atoms with Crippen LogP contribution in [0.2, 0.25) is 0 Å². The van der Waals surface area contributed by atoms with Crippen molar-refractivity contribution in [1.82, 2.24) is 9.97 Å². The first-order chi connectivity index (χ1) is 15.9. The quantitative estimate of drug-likeness (QED) is 0.478. The highest BCUT2D eigenvalue weighted by atomic mass is 16.6. The number of benzene rings is 1. The van der Waals surface area contributed by atoms with E-state index in [0.29, 0.717) is 17.3 Å². The van der Waals surface area contributed by atoms with E-state index in [4.69, 9.17) is 29.1 Å². The van der Waals surface area contributed by atoms with E-state index in [-0.39, 0.29) is 48.1 Å². The monoisotopic (exact) mass is 455 g/mol. The van der Waals surface area contributed by atoms with Gasteiger partial charge in [0.15, 0.2) is 30.5 Å². The number of esters is 2. The molecule has 0 amide bonds. The van der Waals surface area contributed by atoms with E-state index in [9.17, 15) is 9.59 Å². The van der Waals surface area contributed by atoms with Gasteiger partial charge in [-0.05, 0) is 38.5 Å². The van der Waals surface area contributed by atoms with Crippen LogP contribution in [0.5, 0.6) is 11.5 Å². The molecular weight excluding hydrogens is 430 g/mol.